The van der Waals surface area contributed by atoms with Gasteiger partial charge in [-0.15, -0.1) is 0 Å². The fraction of sp³-hybridized carbons (Fsp3) is 0.529. The van der Waals surface area contributed by atoms with Gasteiger partial charge in [-0.3, -0.25) is 0 Å². The first-order valence-electron chi connectivity index (χ1n) is 7.37. The van der Waals surface area contributed by atoms with Gasteiger partial charge in [-0.1, -0.05) is 25.1 Å². The van der Waals surface area contributed by atoms with Gasteiger partial charge in [-0.25, -0.2) is 9.59 Å². The summed E-state index contributed by atoms with van der Waals surface area (Å²) in [4.78, 5) is 25.7. The third-order valence-corrected chi connectivity index (χ3v) is 2.99. The number of ether oxygens (including phenoxy) is 2. The maximum atomic E-state index is 12.4. The van der Waals surface area contributed by atoms with E-state index in [0.717, 1.165) is 4.90 Å². The molecule has 0 N–H and O–H groups in total. The first-order valence-corrected chi connectivity index (χ1v) is 7.37. The third kappa shape index (κ3) is 5.39. The largest absolute Gasteiger partial charge is 0.443 e. The quantitative estimate of drug-likeness (QED) is 0.808. The lowest BCUT2D eigenvalue weighted by molar-refractivity contribution is 0.0331. The highest BCUT2D eigenvalue weighted by molar-refractivity contribution is 6.09. The molecule has 5 heteroatoms. The Morgan fingerprint density at radius 1 is 0.955 bits per heavy atom. The van der Waals surface area contributed by atoms with E-state index in [1.807, 2.05) is 6.92 Å². The van der Waals surface area contributed by atoms with E-state index in [1.165, 1.54) is 0 Å². The number of hydrogen-bond donors (Lipinski definition) is 0. The molecule has 0 bridgehead atoms. The lowest BCUT2D eigenvalue weighted by atomic mass is 10.1. The Labute approximate surface area is 132 Å². The second-order valence-corrected chi connectivity index (χ2v) is 6.63. The van der Waals surface area contributed by atoms with Gasteiger partial charge in [0.1, 0.15) is 11.2 Å². The zero-order valence-corrected chi connectivity index (χ0v) is 14.2. The first kappa shape index (κ1) is 18.0. The summed E-state index contributed by atoms with van der Waals surface area (Å²) in [6, 6.07) is 8.60. The number of carbonyl (C=O) groups excluding carboxylic acids is 2. The molecule has 0 radical (unpaired) electrons. The van der Waals surface area contributed by atoms with Crippen molar-refractivity contribution in [3.8, 4) is 0 Å². The van der Waals surface area contributed by atoms with Crippen molar-refractivity contribution in [2.75, 3.05) is 4.90 Å². The monoisotopic (exact) mass is 307 g/mol. The van der Waals surface area contributed by atoms with Crippen LogP contribution < -0.4 is 4.90 Å². The Balaban J connectivity index is 3.07. The molecule has 0 fully saturated rings. The summed E-state index contributed by atoms with van der Waals surface area (Å²) in [6.45, 7) is 10.7. The molecule has 0 aliphatic rings. The van der Waals surface area contributed by atoms with Gasteiger partial charge in [0.05, 0.1) is 5.69 Å². The minimum Gasteiger partial charge on any atom is -0.443 e. The Bertz CT molecular complexity index is 517. The van der Waals surface area contributed by atoms with E-state index in [2.05, 4.69) is 0 Å². The Morgan fingerprint density at radius 3 is 1.91 bits per heavy atom. The maximum absolute atomic E-state index is 12.4. The number of amides is 2. The highest BCUT2D eigenvalue weighted by atomic mass is 16.6. The molecular weight excluding hydrogens is 282 g/mol. The molecule has 1 aromatic carbocycles. The van der Waals surface area contributed by atoms with Gasteiger partial charge >= 0.3 is 12.2 Å². The van der Waals surface area contributed by atoms with E-state index in [0.29, 0.717) is 12.1 Å². The van der Waals surface area contributed by atoms with Gasteiger partial charge < -0.3 is 9.47 Å². The van der Waals surface area contributed by atoms with Crippen molar-refractivity contribution in [3.05, 3.63) is 30.3 Å². The van der Waals surface area contributed by atoms with Crippen LogP contribution in [-0.4, -0.2) is 23.4 Å². The van der Waals surface area contributed by atoms with Crippen LogP contribution in [0.2, 0.25) is 0 Å². The second kappa shape index (κ2) is 6.81. The summed E-state index contributed by atoms with van der Waals surface area (Å²) in [5.74, 6) is 0. The van der Waals surface area contributed by atoms with Crippen molar-refractivity contribution in [1.82, 2.24) is 0 Å². The van der Waals surface area contributed by atoms with Crippen LogP contribution in [0.25, 0.3) is 0 Å². The highest BCUT2D eigenvalue weighted by Crippen LogP contribution is 2.22. The van der Waals surface area contributed by atoms with E-state index in [9.17, 15) is 9.59 Å². The number of para-hydroxylation sites is 1. The smallest absolute Gasteiger partial charge is 0.424 e. The van der Waals surface area contributed by atoms with E-state index in [4.69, 9.17) is 9.47 Å². The van der Waals surface area contributed by atoms with Crippen LogP contribution in [0.1, 0.15) is 48.0 Å². The number of hydrogen-bond acceptors (Lipinski definition) is 4. The molecule has 0 atom stereocenters. The number of carbonyl (C=O) groups is 2. The summed E-state index contributed by atoms with van der Waals surface area (Å²) in [7, 11) is 0. The molecule has 0 heterocycles. The summed E-state index contributed by atoms with van der Waals surface area (Å²) in [6.07, 6.45) is -0.863. The normalized spacial score (nSPS) is 11.7. The van der Waals surface area contributed by atoms with Gasteiger partial charge in [0.2, 0.25) is 0 Å². The van der Waals surface area contributed by atoms with Crippen LogP contribution in [0.3, 0.4) is 0 Å². The van der Waals surface area contributed by atoms with Crippen LogP contribution in [0.5, 0.6) is 0 Å². The SMILES string of the molecule is CCC(C)(C)OC(=O)N(C(=O)OC(C)(C)C)c1ccccc1. The van der Waals surface area contributed by atoms with E-state index in [1.54, 1.807) is 65.0 Å². The summed E-state index contributed by atoms with van der Waals surface area (Å²) in [5, 5.41) is 0. The molecule has 0 spiro atoms. The standard InChI is InChI=1S/C17H25NO4/c1-7-17(5,6)22-15(20)18(13-11-9-8-10-12-13)14(19)21-16(2,3)4/h8-12H,7H2,1-6H3. The van der Waals surface area contributed by atoms with Crippen LogP contribution >= 0.6 is 0 Å². The fourth-order valence-corrected chi connectivity index (χ4v) is 1.52. The van der Waals surface area contributed by atoms with Crippen molar-refractivity contribution in [2.24, 2.45) is 0 Å². The van der Waals surface area contributed by atoms with Crippen molar-refractivity contribution < 1.29 is 19.1 Å². The molecule has 0 saturated heterocycles. The average Bonchev–Trinajstić information content (AvgIpc) is 2.37. The molecular formula is C17H25NO4. The molecule has 0 aromatic heterocycles. The molecule has 1 rings (SSSR count). The Hall–Kier alpha value is -2.04. The number of rotatable bonds is 3. The predicted octanol–water partition coefficient (Wildman–Crippen LogP) is 4.75. The maximum Gasteiger partial charge on any atom is 0.424 e. The van der Waals surface area contributed by atoms with Gasteiger partial charge in [0, 0.05) is 0 Å². The lowest BCUT2D eigenvalue weighted by Gasteiger charge is -2.29. The molecule has 22 heavy (non-hydrogen) atoms. The van der Waals surface area contributed by atoms with E-state index < -0.39 is 23.4 Å². The van der Waals surface area contributed by atoms with Crippen LogP contribution in [-0.2, 0) is 9.47 Å². The molecule has 122 valence electrons. The van der Waals surface area contributed by atoms with Crippen molar-refractivity contribution >= 4 is 17.9 Å². The number of anilines is 1. The van der Waals surface area contributed by atoms with Gasteiger partial charge in [-0.05, 0) is 53.2 Å². The van der Waals surface area contributed by atoms with E-state index in [-0.39, 0.29) is 0 Å². The summed E-state index contributed by atoms with van der Waals surface area (Å²) in [5.41, 5.74) is -0.954. The topological polar surface area (TPSA) is 55.8 Å². The summed E-state index contributed by atoms with van der Waals surface area (Å²) < 4.78 is 10.7. The van der Waals surface area contributed by atoms with E-state index >= 15 is 0 Å². The number of benzene rings is 1. The molecule has 0 aliphatic carbocycles. The van der Waals surface area contributed by atoms with Crippen molar-refractivity contribution in [1.29, 1.82) is 0 Å². The minimum absolute atomic E-state index is 0.411. The molecule has 5 nitrogen and oxygen atoms in total. The third-order valence-electron chi connectivity index (χ3n) is 2.99. The Kier molecular flexibility index (Phi) is 5.58. The molecule has 2 amide bonds. The number of nitrogens with zero attached hydrogens (tertiary/aromatic N) is 1. The molecule has 1 aromatic rings. The van der Waals surface area contributed by atoms with Crippen LogP contribution in [0.4, 0.5) is 15.3 Å². The second-order valence-electron chi connectivity index (χ2n) is 6.63. The first-order chi connectivity index (χ1) is 10.1. The van der Waals surface area contributed by atoms with Gasteiger partial charge in [0.15, 0.2) is 0 Å². The zero-order valence-electron chi connectivity index (χ0n) is 14.2. The fourth-order valence-electron chi connectivity index (χ4n) is 1.52. The highest BCUT2D eigenvalue weighted by Gasteiger charge is 2.33. The average molecular weight is 307 g/mol. The molecule has 0 unspecified atom stereocenters. The number of imide groups is 1. The lowest BCUT2D eigenvalue weighted by Crippen LogP contribution is -2.44. The van der Waals surface area contributed by atoms with Crippen LogP contribution in [0.15, 0.2) is 30.3 Å². The zero-order chi connectivity index (χ0) is 17.0. The van der Waals surface area contributed by atoms with Gasteiger partial charge in [0.25, 0.3) is 0 Å². The molecule has 0 aliphatic heterocycles. The Morgan fingerprint density at radius 2 is 1.45 bits per heavy atom. The predicted molar refractivity (Wildman–Crippen MR) is 86.0 cm³/mol. The van der Waals surface area contributed by atoms with Crippen molar-refractivity contribution in [3.63, 3.8) is 0 Å². The molecule has 0 saturated carbocycles. The van der Waals surface area contributed by atoms with Gasteiger partial charge in [-0.2, -0.15) is 4.90 Å². The van der Waals surface area contributed by atoms with Crippen molar-refractivity contribution in [2.45, 2.75) is 59.2 Å². The minimum atomic E-state index is -0.754. The van der Waals surface area contributed by atoms with Crippen LogP contribution in [0, 0.1) is 0 Å². The summed E-state index contributed by atoms with van der Waals surface area (Å²) >= 11 is 0.